The summed E-state index contributed by atoms with van der Waals surface area (Å²) in [6.07, 6.45) is 0.722. The first kappa shape index (κ1) is 9.63. The number of rotatable bonds is 1. The van der Waals surface area contributed by atoms with Gasteiger partial charge in [0.25, 0.3) is 0 Å². The number of carbonyl (C=O) groups is 1. The number of carbonyl (C=O) groups excluding carboxylic acids is 1. The van der Waals surface area contributed by atoms with Crippen molar-refractivity contribution in [2.75, 3.05) is 0 Å². The molecule has 0 bridgehead atoms. The van der Waals surface area contributed by atoms with Crippen LogP contribution in [0.25, 0.3) is 0 Å². The quantitative estimate of drug-likeness (QED) is 0.441. The van der Waals surface area contributed by atoms with Gasteiger partial charge in [-0.3, -0.25) is 4.79 Å². The summed E-state index contributed by atoms with van der Waals surface area (Å²) in [7, 11) is 0. The van der Waals surface area contributed by atoms with Crippen LogP contribution in [0, 0.1) is 0 Å². The van der Waals surface area contributed by atoms with Crippen LogP contribution in [0.5, 0.6) is 0 Å². The summed E-state index contributed by atoms with van der Waals surface area (Å²) in [4.78, 5) is 9.41. The largest absolute Gasteiger partial charge is 0.298 e. The van der Waals surface area contributed by atoms with E-state index < -0.39 is 0 Å². The Balaban J connectivity index is 0.000000187. The number of hydrogen-bond donors (Lipinski definition) is 0. The molecular formula is C10H12O. The highest BCUT2D eigenvalue weighted by Gasteiger charge is 1.66. The molecule has 0 N–H and O–H groups in total. The standard InChI is InChI=1S/C6H6.C4H6O/c1-2-4-6-5-3-1;1-4(2)3-5/h1-6H;3H,1H2,2H3. The predicted molar refractivity (Wildman–Crippen MR) is 47.3 cm³/mol. The lowest BCUT2D eigenvalue weighted by Crippen LogP contribution is -1.65. The van der Waals surface area contributed by atoms with Crippen molar-refractivity contribution in [3.05, 3.63) is 48.6 Å². The second-order valence-electron chi connectivity index (χ2n) is 2.12. The SMILES string of the molecule is C=C(C)C=O.c1ccccc1. The molecule has 0 aliphatic rings. The maximum atomic E-state index is 9.41. The second kappa shape index (κ2) is 6.75. The summed E-state index contributed by atoms with van der Waals surface area (Å²) in [5.74, 6) is 0. The highest BCUT2D eigenvalue weighted by atomic mass is 16.1. The van der Waals surface area contributed by atoms with E-state index in [9.17, 15) is 4.79 Å². The summed E-state index contributed by atoms with van der Waals surface area (Å²) < 4.78 is 0. The molecule has 0 saturated heterocycles. The molecule has 1 nitrogen and oxygen atoms in total. The minimum atomic E-state index is 0.574. The van der Waals surface area contributed by atoms with Gasteiger partial charge in [0, 0.05) is 0 Å². The van der Waals surface area contributed by atoms with E-state index in [2.05, 4.69) is 6.58 Å². The van der Waals surface area contributed by atoms with Crippen molar-refractivity contribution >= 4 is 6.29 Å². The van der Waals surface area contributed by atoms with Crippen molar-refractivity contribution in [3.63, 3.8) is 0 Å². The van der Waals surface area contributed by atoms with Crippen LogP contribution in [0.2, 0.25) is 0 Å². The highest BCUT2D eigenvalue weighted by Crippen LogP contribution is 1.79. The molecule has 1 rings (SSSR count). The fourth-order valence-electron chi connectivity index (χ4n) is 0.385. The molecule has 11 heavy (non-hydrogen) atoms. The molecule has 1 aromatic rings. The van der Waals surface area contributed by atoms with Crippen LogP contribution in [0.15, 0.2) is 48.6 Å². The average molecular weight is 148 g/mol. The van der Waals surface area contributed by atoms with E-state index in [0.717, 1.165) is 6.29 Å². The van der Waals surface area contributed by atoms with Crippen LogP contribution in [-0.2, 0) is 4.79 Å². The first-order valence-electron chi connectivity index (χ1n) is 3.38. The number of benzene rings is 1. The first-order chi connectivity index (χ1) is 5.27. The Morgan fingerprint density at radius 3 is 1.36 bits per heavy atom. The molecule has 0 amide bonds. The third-order valence-electron chi connectivity index (χ3n) is 0.868. The fourth-order valence-corrected chi connectivity index (χ4v) is 0.385. The molecular weight excluding hydrogens is 136 g/mol. The average Bonchev–Trinajstić information content (AvgIpc) is 2.09. The zero-order valence-corrected chi connectivity index (χ0v) is 6.66. The van der Waals surface area contributed by atoms with Gasteiger partial charge in [-0.25, -0.2) is 0 Å². The molecule has 1 aromatic carbocycles. The Hall–Kier alpha value is -1.37. The van der Waals surface area contributed by atoms with Crippen molar-refractivity contribution in [3.8, 4) is 0 Å². The summed E-state index contributed by atoms with van der Waals surface area (Å²) in [6.45, 7) is 4.97. The van der Waals surface area contributed by atoms with Crippen molar-refractivity contribution in [1.82, 2.24) is 0 Å². The number of hydrogen-bond acceptors (Lipinski definition) is 1. The molecule has 0 aliphatic carbocycles. The highest BCUT2D eigenvalue weighted by molar-refractivity contribution is 5.70. The molecule has 0 spiro atoms. The van der Waals surface area contributed by atoms with Gasteiger partial charge in [-0.2, -0.15) is 0 Å². The van der Waals surface area contributed by atoms with Gasteiger partial charge in [-0.1, -0.05) is 43.0 Å². The van der Waals surface area contributed by atoms with Gasteiger partial charge in [0.1, 0.15) is 6.29 Å². The maximum Gasteiger partial charge on any atom is 0.145 e. The van der Waals surface area contributed by atoms with E-state index in [0.29, 0.717) is 5.57 Å². The van der Waals surface area contributed by atoms with Gasteiger partial charge in [0.05, 0.1) is 0 Å². The minimum Gasteiger partial charge on any atom is -0.298 e. The van der Waals surface area contributed by atoms with E-state index >= 15 is 0 Å². The Morgan fingerprint density at radius 2 is 1.27 bits per heavy atom. The summed E-state index contributed by atoms with van der Waals surface area (Å²) >= 11 is 0. The first-order valence-corrected chi connectivity index (χ1v) is 3.38. The molecule has 0 heterocycles. The summed E-state index contributed by atoms with van der Waals surface area (Å²) in [5, 5.41) is 0. The topological polar surface area (TPSA) is 17.1 Å². The molecule has 0 unspecified atom stereocenters. The fraction of sp³-hybridized carbons (Fsp3) is 0.100. The maximum absolute atomic E-state index is 9.41. The van der Waals surface area contributed by atoms with Gasteiger partial charge in [0.15, 0.2) is 0 Å². The molecule has 0 saturated carbocycles. The van der Waals surface area contributed by atoms with Gasteiger partial charge in [0.2, 0.25) is 0 Å². The van der Waals surface area contributed by atoms with Crippen molar-refractivity contribution < 1.29 is 4.79 Å². The van der Waals surface area contributed by atoms with E-state index in [4.69, 9.17) is 0 Å². The monoisotopic (exact) mass is 148 g/mol. The Labute approximate surface area is 67.4 Å². The van der Waals surface area contributed by atoms with Gasteiger partial charge in [-0.05, 0) is 12.5 Å². The van der Waals surface area contributed by atoms with Crippen LogP contribution < -0.4 is 0 Å². The normalized spacial score (nSPS) is 7.36. The van der Waals surface area contributed by atoms with Crippen LogP contribution in [0.1, 0.15) is 6.92 Å². The number of aldehydes is 1. The van der Waals surface area contributed by atoms with Crippen LogP contribution in [0.4, 0.5) is 0 Å². The van der Waals surface area contributed by atoms with E-state index in [-0.39, 0.29) is 0 Å². The smallest absolute Gasteiger partial charge is 0.145 e. The number of allylic oxidation sites excluding steroid dienone is 1. The zero-order chi connectivity index (χ0) is 8.53. The predicted octanol–water partition coefficient (Wildman–Crippen LogP) is 2.45. The lowest BCUT2D eigenvalue weighted by Gasteiger charge is -1.69. The summed E-state index contributed by atoms with van der Waals surface area (Å²) in [6, 6.07) is 12.0. The molecule has 0 aliphatic heterocycles. The van der Waals surface area contributed by atoms with Gasteiger partial charge in [-0.15, -0.1) is 0 Å². The molecule has 0 fully saturated rings. The molecule has 0 radical (unpaired) electrons. The van der Waals surface area contributed by atoms with Crippen LogP contribution in [0.3, 0.4) is 0 Å². The lowest BCUT2D eigenvalue weighted by atomic mass is 10.4. The second-order valence-corrected chi connectivity index (χ2v) is 2.12. The van der Waals surface area contributed by atoms with Gasteiger partial charge >= 0.3 is 0 Å². The lowest BCUT2D eigenvalue weighted by molar-refractivity contribution is -0.104. The molecule has 0 atom stereocenters. The van der Waals surface area contributed by atoms with Crippen LogP contribution >= 0.6 is 0 Å². The van der Waals surface area contributed by atoms with Crippen molar-refractivity contribution in [2.24, 2.45) is 0 Å². The minimum absolute atomic E-state index is 0.574. The van der Waals surface area contributed by atoms with E-state index in [1.807, 2.05) is 36.4 Å². The molecule has 1 heteroatoms. The van der Waals surface area contributed by atoms with E-state index in [1.165, 1.54) is 0 Å². The zero-order valence-electron chi connectivity index (χ0n) is 6.66. The Morgan fingerprint density at radius 1 is 1.09 bits per heavy atom. The molecule has 58 valence electrons. The Kier molecular flexibility index (Phi) is 5.91. The molecule has 0 aromatic heterocycles. The van der Waals surface area contributed by atoms with Crippen molar-refractivity contribution in [1.29, 1.82) is 0 Å². The van der Waals surface area contributed by atoms with Crippen molar-refractivity contribution in [2.45, 2.75) is 6.92 Å². The van der Waals surface area contributed by atoms with Crippen LogP contribution in [-0.4, -0.2) is 6.29 Å². The summed E-state index contributed by atoms with van der Waals surface area (Å²) in [5.41, 5.74) is 0.574. The Bertz CT molecular complexity index is 175. The third kappa shape index (κ3) is 8.63. The third-order valence-corrected chi connectivity index (χ3v) is 0.868. The van der Waals surface area contributed by atoms with Gasteiger partial charge < -0.3 is 0 Å². The van der Waals surface area contributed by atoms with E-state index in [1.54, 1.807) is 6.92 Å².